The van der Waals surface area contributed by atoms with Crippen molar-refractivity contribution in [3.63, 3.8) is 0 Å². The molecule has 0 aromatic heterocycles. The summed E-state index contributed by atoms with van der Waals surface area (Å²) in [6, 6.07) is 0. The van der Waals surface area contributed by atoms with Gasteiger partial charge in [-0.25, -0.2) is 0 Å². The molecule has 1 unspecified atom stereocenters. The predicted molar refractivity (Wildman–Crippen MR) is 28.9 cm³/mol. The molecule has 1 fully saturated rings. The van der Waals surface area contributed by atoms with E-state index >= 15 is 0 Å². The number of nitrogens with one attached hydrogen (secondary N) is 1. The summed E-state index contributed by atoms with van der Waals surface area (Å²) in [5, 5.41) is 14.0. The fourth-order valence-electron chi connectivity index (χ4n) is 0.552. The Bertz CT molecular complexity index is 72.4. The highest BCUT2D eigenvalue weighted by atomic mass is 16.6. The molecule has 1 rings (SSSR count). The average Bonchev–Trinajstić information content (AvgIpc) is 1.55. The SMILES string of the molecule is CN([O-])CC1NCO1. The van der Waals surface area contributed by atoms with E-state index in [1.165, 1.54) is 7.05 Å². The zero-order valence-corrected chi connectivity index (χ0v) is 4.76. The van der Waals surface area contributed by atoms with Crippen molar-refractivity contribution in [3.8, 4) is 0 Å². The highest BCUT2D eigenvalue weighted by Crippen LogP contribution is 1.96. The van der Waals surface area contributed by atoms with Crippen LogP contribution in [0.1, 0.15) is 0 Å². The molecule has 1 saturated heterocycles. The van der Waals surface area contributed by atoms with E-state index in [-0.39, 0.29) is 6.23 Å². The summed E-state index contributed by atoms with van der Waals surface area (Å²) in [4.78, 5) is 0. The molecule has 1 atom stereocenters. The molecule has 0 aliphatic carbocycles. The first kappa shape index (κ1) is 5.97. The van der Waals surface area contributed by atoms with E-state index in [1.807, 2.05) is 0 Å². The number of hydrogen-bond acceptors (Lipinski definition) is 4. The van der Waals surface area contributed by atoms with E-state index < -0.39 is 0 Å². The Balaban J connectivity index is 2.01. The van der Waals surface area contributed by atoms with Crippen molar-refractivity contribution in [2.75, 3.05) is 20.3 Å². The van der Waals surface area contributed by atoms with Crippen LogP contribution in [0.3, 0.4) is 0 Å². The largest absolute Gasteiger partial charge is 0.785 e. The summed E-state index contributed by atoms with van der Waals surface area (Å²) >= 11 is 0. The monoisotopic (exact) mass is 117 g/mol. The molecule has 0 aromatic carbocycles. The fraction of sp³-hybridized carbons (Fsp3) is 1.00. The summed E-state index contributed by atoms with van der Waals surface area (Å²) in [7, 11) is 1.48. The lowest BCUT2D eigenvalue weighted by molar-refractivity contribution is -0.0956. The van der Waals surface area contributed by atoms with Gasteiger partial charge in [0, 0.05) is 6.54 Å². The highest BCUT2D eigenvalue weighted by molar-refractivity contribution is 4.64. The fourth-order valence-corrected chi connectivity index (χ4v) is 0.552. The smallest absolute Gasteiger partial charge is 0.123 e. The minimum Gasteiger partial charge on any atom is -0.785 e. The quantitative estimate of drug-likeness (QED) is 0.487. The van der Waals surface area contributed by atoms with E-state index in [0.717, 1.165) is 5.06 Å². The summed E-state index contributed by atoms with van der Waals surface area (Å²) in [5.74, 6) is 0. The van der Waals surface area contributed by atoms with Crippen LogP contribution in [-0.4, -0.2) is 31.6 Å². The number of nitrogens with zero attached hydrogens (tertiary/aromatic N) is 1. The van der Waals surface area contributed by atoms with Crippen LogP contribution in [0.2, 0.25) is 0 Å². The Hall–Kier alpha value is -0.160. The van der Waals surface area contributed by atoms with Crippen LogP contribution < -0.4 is 5.32 Å². The van der Waals surface area contributed by atoms with Crippen molar-refractivity contribution in [1.29, 1.82) is 0 Å². The van der Waals surface area contributed by atoms with Gasteiger partial charge in [0.05, 0.1) is 0 Å². The van der Waals surface area contributed by atoms with E-state index in [2.05, 4.69) is 5.32 Å². The van der Waals surface area contributed by atoms with E-state index in [1.54, 1.807) is 0 Å². The average molecular weight is 117 g/mol. The van der Waals surface area contributed by atoms with E-state index in [4.69, 9.17) is 4.74 Å². The van der Waals surface area contributed by atoms with Crippen LogP contribution >= 0.6 is 0 Å². The molecule has 1 aliphatic heterocycles. The number of hydroxylamine groups is 2. The van der Waals surface area contributed by atoms with Crippen LogP contribution in [0.25, 0.3) is 0 Å². The van der Waals surface area contributed by atoms with Gasteiger partial charge in [-0.3, -0.25) is 5.32 Å². The lowest BCUT2D eigenvalue weighted by Gasteiger charge is -2.34. The molecule has 1 N–H and O–H groups in total. The van der Waals surface area contributed by atoms with Crippen molar-refractivity contribution in [1.82, 2.24) is 10.4 Å². The standard InChI is InChI=1S/C4H9N2O2/c1-6(7)2-4-5-3-8-4/h4-5H,2-3H2,1H3/q-1. The van der Waals surface area contributed by atoms with Gasteiger partial charge >= 0.3 is 0 Å². The van der Waals surface area contributed by atoms with Gasteiger partial charge in [-0.15, -0.1) is 0 Å². The molecule has 0 amide bonds. The molecular formula is C4H9N2O2-. The van der Waals surface area contributed by atoms with Gasteiger partial charge in [0.25, 0.3) is 0 Å². The van der Waals surface area contributed by atoms with E-state index in [9.17, 15) is 5.21 Å². The first-order valence-electron chi connectivity index (χ1n) is 2.52. The van der Waals surface area contributed by atoms with Gasteiger partial charge in [0.1, 0.15) is 13.0 Å². The van der Waals surface area contributed by atoms with Crippen molar-refractivity contribution >= 4 is 0 Å². The van der Waals surface area contributed by atoms with Crippen LogP contribution in [0.15, 0.2) is 0 Å². The van der Waals surface area contributed by atoms with Gasteiger partial charge < -0.3 is 15.0 Å². The lowest BCUT2D eigenvalue weighted by Crippen LogP contribution is -2.51. The van der Waals surface area contributed by atoms with Crippen molar-refractivity contribution in [2.24, 2.45) is 0 Å². The van der Waals surface area contributed by atoms with Crippen LogP contribution in [0, 0.1) is 5.21 Å². The normalized spacial score (nSPS) is 28.1. The second kappa shape index (κ2) is 2.41. The van der Waals surface area contributed by atoms with E-state index in [0.29, 0.717) is 13.3 Å². The lowest BCUT2D eigenvalue weighted by atomic mass is 10.5. The second-order valence-corrected chi connectivity index (χ2v) is 1.81. The van der Waals surface area contributed by atoms with Gasteiger partial charge in [-0.05, 0) is 7.05 Å². The maximum atomic E-state index is 10.2. The number of ether oxygens (including phenoxy) is 1. The maximum absolute atomic E-state index is 10.2. The number of hydrogen-bond donors (Lipinski definition) is 1. The molecule has 4 nitrogen and oxygen atoms in total. The highest BCUT2D eigenvalue weighted by Gasteiger charge is 2.14. The van der Waals surface area contributed by atoms with Gasteiger partial charge in [-0.1, -0.05) is 0 Å². The molecule has 0 saturated carbocycles. The summed E-state index contributed by atoms with van der Waals surface area (Å²) in [5.41, 5.74) is 0. The third kappa shape index (κ3) is 1.41. The molecule has 1 heterocycles. The third-order valence-corrected chi connectivity index (χ3v) is 1.02. The minimum atomic E-state index is -0.0301. The van der Waals surface area contributed by atoms with Crippen molar-refractivity contribution in [3.05, 3.63) is 5.21 Å². The predicted octanol–water partition coefficient (Wildman–Crippen LogP) is -0.681. The first-order chi connectivity index (χ1) is 3.79. The molecule has 0 aromatic rings. The zero-order valence-electron chi connectivity index (χ0n) is 4.76. The molecule has 1 aliphatic rings. The Morgan fingerprint density at radius 1 is 2.00 bits per heavy atom. The van der Waals surface area contributed by atoms with Crippen LogP contribution in [0.4, 0.5) is 0 Å². The molecular weight excluding hydrogens is 108 g/mol. The minimum absolute atomic E-state index is 0.0301. The Morgan fingerprint density at radius 2 is 2.62 bits per heavy atom. The zero-order chi connectivity index (χ0) is 5.98. The maximum Gasteiger partial charge on any atom is 0.123 e. The van der Waals surface area contributed by atoms with Gasteiger partial charge in [0.2, 0.25) is 0 Å². The molecule has 48 valence electrons. The molecule has 0 spiro atoms. The molecule has 0 bridgehead atoms. The van der Waals surface area contributed by atoms with Crippen LogP contribution in [0.5, 0.6) is 0 Å². The summed E-state index contributed by atoms with van der Waals surface area (Å²) < 4.78 is 4.89. The molecule has 4 heteroatoms. The summed E-state index contributed by atoms with van der Waals surface area (Å²) in [6.45, 7) is 0.999. The van der Waals surface area contributed by atoms with Crippen molar-refractivity contribution in [2.45, 2.75) is 6.23 Å². The number of rotatable bonds is 2. The van der Waals surface area contributed by atoms with Crippen LogP contribution in [-0.2, 0) is 4.74 Å². The Labute approximate surface area is 48.0 Å². The number of likely N-dealkylation sites (N-methyl/N-ethyl adjacent to an activating group) is 1. The Kier molecular flexibility index (Phi) is 1.80. The Morgan fingerprint density at radius 3 is 2.75 bits per heavy atom. The second-order valence-electron chi connectivity index (χ2n) is 1.81. The first-order valence-corrected chi connectivity index (χ1v) is 2.52. The summed E-state index contributed by atoms with van der Waals surface area (Å²) in [6.07, 6.45) is -0.0301. The van der Waals surface area contributed by atoms with Crippen molar-refractivity contribution < 1.29 is 4.74 Å². The molecule has 0 radical (unpaired) electrons. The van der Waals surface area contributed by atoms with Gasteiger partial charge in [0.15, 0.2) is 0 Å². The third-order valence-electron chi connectivity index (χ3n) is 1.02. The molecule has 8 heavy (non-hydrogen) atoms. The topological polar surface area (TPSA) is 47.6 Å². The van der Waals surface area contributed by atoms with Gasteiger partial charge in [-0.2, -0.15) is 0 Å².